The van der Waals surface area contributed by atoms with E-state index in [1.54, 1.807) is 19.2 Å². The molecule has 118 valence electrons. The maximum atomic E-state index is 11.9. The van der Waals surface area contributed by atoms with Crippen molar-refractivity contribution in [1.82, 2.24) is 4.90 Å². The van der Waals surface area contributed by atoms with E-state index in [0.29, 0.717) is 25.3 Å². The Bertz CT molecular complexity index is 438. The third-order valence-electron chi connectivity index (χ3n) is 2.88. The predicted molar refractivity (Wildman–Crippen MR) is 83.6 cm³/mol. The summed E-state index contributed by atoms with van der Waals surface area (Å²) in [6.07, 6.45) is 0.487. The number of hydrogen-bond donors (Lipinski definition) is 2. The number of rotatable bonds is 9. The number of carbonyl (C=O) groups is 1. The average molecular weight is 295 g/mol. The van der Waals surface area contributed by atoms with Gasteiger partial charge in [0, 0.05) is 32.0 Å². The summed E-state index contributed by atoms with van der Waals surface area (Å²) in [4.78, 5) is 13.9. The molecule has 1 aromatic carbocycles. The van der Waals surface area contributed by atoms with Crippen molar-refractivity contribution in [3.05, 3.63) is 24.3 Å². The van der Waals surface area contributed by atoms with E-state index in [0.717, 1.165) is 12.3 Å². The number of hydrogen-bond acceptors (Lipinski definition) is 5. The molecule has 0 spiro atoms. The predicted octanol–water partition coefficient (Wildman–Crippen LogP) is 0.929. The minimum atomic E-state index is -0.580. The molecular weight excluding hydrogens is 270 g/mol. The van der Waals surface area contributed by atoms with Crippen molar-refractivity contribution in [3.63, 3.8) is 0 Å². The molecule has 0 radical (unpaired) electrons. The third-order valence-corrected chi connectivity index (χ3v) is 2.88. The van der Waals surface area contributed by atoms with Gasteiger partial charge in [0.05, 0.1) is 6.04 Å². The molecule has 6 nitrogen and oxygen atoms in total. The van der Waals surface area contributed by atoms with Crippen molar-refractivity contribution in [2.24, 2.45) is 5.73 Å². The van der Waals surface area contributed by atoms with Crippen LogP contribution in [0.25, 0.3) is 0 Å². The first kappa shape index (κ1) is 17.4. The molecule has 0 saturated carbocycles. The quantitative estimate of drug-likeness (QED) is 0.709. The summed E-state index contributed by atoms with van der Waals surface area (Å²) in [6.45, 7) is 1.89. The molecule has 6 heteroatoms. The van der Waals surface area contributed by atoms with Crippen LogP contribution >= 0.6 is 0 Å². The molecule has 0 fully saturated rings. The number of nitrogens with two attached hydrogens (primary N) is 1. The molecule has 1 unspecified atom stereocenters. The Morgan fingerprint density at radius 1 is 1.38 bits per heavy atom. The Hall–Kier alpha value is -1.63. The fraction of sp³-hybridized carbons (Fsp3) is 0.533. The number of nitrogens with one attached hydrogen (secondary N) is 1. The number of methoxy groups -OCH3 is 1. The van der Waals surface area contributed by atoms with Gasteiger partial charge >= 0.3 is 0 Å². The minimum absolute atomic E-state index is 0.225. The van der Waals surface area contributed by atoms with Crippen LogP contribution in [0.1, 0.15) is 6.42 Å². The van der Waals surface area contributed by atoms with E-state index in [2.05, 4.69) is 5.32 Å². The van der Waals surface area contributed by atoms with Crippen molar-refractivity contribution in [3.8, 4) is 5.75 Å². The molecule has 3 N–H and O–H groups in total. The van der Waals surface area contributed by atoms with Gasteiger partial charge in [-0.25, -0.2) is 0 Å². The summed E-state index contributed by atoms with van der Waals surface area (Å²) in [6, 6.07) is 6.71. The second-order valence-electron chi connectivity index (χ2n) is 5.06. The number of ether oxygens (including phenoxy) is 2. The van der Waals surface area contributed by atoms with Crippen LogP contribution in [0.4, 0.5) is 5.69 Å². The Morgan fingerprint density at radius 3 is 2.81 bits per heavy atom. The van der Waals surface area contributed by atoms with E-state index < -0.39 is 6.04 Å². The summed E-state index contributed by atoms with van der Waals surface area (Å²) >= 11 is 0. The molecule has 1 amide bonds. The highest BCUT2D eigenvalue weighted by molar-refractivity contribution is 5.94. The van der Waals surface area contributed by atoms with Gasteiger partial charge in [0.15, 0.2) is 0 Å². The van der Waals surface area contributed by atoms with Crippen LogP contribution in [0.15, 0.2) is 24.3 Å². The van der Waals surface area contributed by atoms with E-state index >= 15 is 0 Å². The second-order valence-corrected chi connectivity index (χ2v) is 5.06. The molecular formula is C15H25N3O3. The fourth-order valence-corrected chi connectivity index (χ4v) is 1.62. The zero-order chi connectivity index (χ0) is 15.7. The normalized spacial score (nSPS) is 12.2. The number of benzene rings is 1. The first-order chi connectivity index (χ1) is 10.0. The SMILES string of the molecule is COCCC(N)C(=O)Nc1cccc(OCCN(C)C)c1. The molecule has 0 heterocycles. The minimum Gasteiger partial charge on any atom is -0.492 e. The Kier molecular flexibility index (Phi) is 7.74. The molecule has 0 aromatic heterocycles. The zero-order valence-electron chi connectivity index (χ0n) is 13.0. The van der Waals surface area contributed by atoms with Crippen molar-refractivity contribution in [2.45, 2.75) is 12.5 Å². The molecule has 0 aliphatic carbocycles. The first-order valence-corrected chi connectivity index (χ1v) is 6.96. The van der Waals surface area contributed by atoms with Gasteiger partial charge in [-0.3, -0.25) is 4.79 Å². The second kappa shape index (κ2) is 9.33. The van der Waals surface area contributed by atoms with Gasteiger partial charge in [-0.2, -0.15) is 0 Å². The monoisotopic (exact) mass is 295 g/mol. The summed E-state index contributed by atoms with van der Waals surface area (Å²) in [5, 5.41) is 2.78. The van der Waals surface area contributed by atoms with Gasteiger partial charge in [0.25, 0.3) is 0 Å². The lowest BCUT2D eigenvalue weighted by Gasteiger charge is -2.14. The van der Waals surface area contributed by atoms with Crippen LogP contribution in [-0.4, -0.2) is 57.8 Å². The molecule has 1 atom stereocenters. The first-order valence-electron chi connectivity index (χ1n) is 6.96. The number of anilines is 1. The van der Waals surface area contributed by atoms with Gasteiger partial charge in [-0.15, -0.1) is 0 Å². The van der Waals surface area contributed by atoms with Gasteiger partial charge < -0.3 is 25.4 Å². The zero-order valence-corrected chi connectivity index (χ0v) is 13.0. The molecule has 1 aromatic rings. The third kappa shape index (κ3) is 7.08. The van der Waals surface area contributed by atoms with Crippen LogP contribution in [-0.2, 0) is 9.53 Å². The van der Waals surface area contributed by atoms with Crippen LogP contribution in [0.5, 0.6) is 5.75 Å². The fourth-order valence-electron chi connectivity index (χ4n) is 1.62. The van der Waals surface area contributed by atoms with E-state index in [1.807, 2.05) is 31.1 Å². The maximum absolute atomic E-state index is 11.9. The van der Waals surface area contributed by atoms with Crippen LogP contribution in [0.2, 0.25) is 0 Å². The highest BCUT2D eigenvalue weighted by atomic mass is 16.5. The largest absolute Gasteiger partial charge is 0.492 e. The number of nitrogens with zero attached hydrogens (tertiary/aromatic N) is 1. The van der Waals surface area contributed by atoms with Gasteiger partial charge in [-0.05, 0) is 32.6 Å². The van der Waals surface area contributed by atoms with E-state index in [9.17, 15) is 4.79 Å². The number of carbonyl (C=O) groups excluding carboxylic acids is 1. The Morgan fingerprint density at radius 2 is 2.14 bits per heavy atom. The number of likely N-dealkylation sites (N-methyl/N-ethyl adjacent to an activating group) is 1. The van der Waals surface area contributed by atoms with Crippen molar-refractivity contribution < 1.29 is 14.3 Å². The standard InChI is InChI=1S/C15H25N3O3/c1-18(2)8-10-21-13-6-4-5-12(11-13)17-15(19)14(16)7-9-20-3/h4-6,11,14H,7-10,16H2,1-3H3,(H,17,19). The Balaban J connectivity index is 2.49. The smallest absolute Gasteiger partial charge is 0.241 e. The van der Waals surface area contributed by atoms with Gasteiger partial charge in [0.2, 0.25) is 5.91 Å². The highest BCUT2D eigenvalue weighted by Crippen LogP contribution is 2.17. The van der Waals surface area contributed by atoms with Crippen molar-refractivity contribution in [1.29, 1.82) is 0 Å². The average Bonchev–Trinajstić information content (AvgIpc) is 2.44. The van der Waals surface area contributed by atoms with Gasteiger partial charge in [-0.1, -0.05) is 6.07 Å². The summed E-state index contributed by atoms with van der Waals surface area (Å²) in [7, 11) is 5.56. The highest BCUT2D eigenvalue weighted by Gasteiger charge is 2.13. The molecule has 0 aliphatic heterocycles. The summed E-state index contributed by atoms with van der Waals surface area (Å²) in [5.41, 5.74) is 6.45. The van der Waals surface area contributed by atoms with Crippen LogP contribution in [0.3, 0.4) is 0 Å². The molecule has 0 aliphatic rings. The van der Waals surface area contributed by atoms with E-state index in [1.165, 1.54) is 0 Å². The van der Waals surface area contributed by atoms with Crippen molar-refractivity contribution in [2.75, 3.05) is 46.3 Å². The molecule has 21 heavy (non-hydrogen) atoms. The topological polar surface area (TPSA) is 76.8 Å². The Labute approximate surface area is 126 Å². The maximum Gasteiger partial charge on any atom is 0.241 e. The lowest BCUT2D eigenvalue weighted by atomic mass is 10.2. The van der Waals surface area contributed by atoms with Crippen LogP contribution < -0.4 is 15.8 Å². The van der Waals surface area contributed by atoms with Crippen molar-refractivity contribution >= 4 is 11.6 Å². The summed E-state index contributed by atoms with van der Waals surface area (Å²) in [5.74, 6) is 0.498. The summed E-state index contributed by atoms with van der Waals surface area (Å²) < 4.78 is 10.5. The van der Waals surface area contributed by atoms with E-state index in [-0.39, 0.29) is 5.91 Å². The lowest BCUT2D eigenvalue weighted by Crippen LogP contribution is -2.36. The molecule has 0 bridgehead atoms. The lowest BCUT2D eigenvalue weighted by molar-refractivity contribution is -0.117. The number of amides is 1. The van der Waals surface area contributed by atoms with Gasteiger partial charge in [0.1, 0.15) is 12.4 Å². The van der Waals surface area contributed by atoms with Crippen LogP contribution in [0, 0.1) is 0 Å². The van der Waals surface area contributed by atoms with E-state index in [4.69, 9.17) is 15.2 Å². The molecule has 1 rings (SSSR count). The molecule has 0 saturated heterocycles.